The van der Waals surface area contributed by atoms with Gasteiger partial charge in [0.05, 0.1) is 10.4 Å². The van der Waals surface area contributed by atoms with Gasteiger partial charge < -0.3 is 14.6 Å². The van der Waals surface area contributed by atoms with E-state index in [9.17, 15) is 14.7 Å². The Balaban J connectivity index is 1.95. The van der Waals surface area contributed by atoms with Crippen LogP contribution in [0.4, 0.5) is 0 Å². The topological polar surface area (TPSA) is 72.8 Å². The van der Waals surface area contributed by atoms with Crippen molar-refractivity contribution in [3.05, 3.63) is 95.4 Å². The molecular weight excluding hydrogens is 412 g/mol. The third kappa shape index (κ3) is 5.36. The minimum Gasteiger partial charge on any atom is -0.460 e. The summed E-state index contributed by atoms with van der Waals surface area (Å²) in [5.74, 6) is -0.614. The SMILES string of the molecule is C=C(C)C(=O)Oc1ccc(C(=O)c2ccc(-c3ccccc3)s2)c(OC(O)C(=C)C)c1. The molecule has 1 heterocycles. The second-order valence-electron chi connectivity index (χ2n) is 7.00. The summed E-state index contributed by atoms with van der Waals surface area (Å²) in [6.07, 6.45) is -1.32. The Morgan fingerprint density at radius 2 is 1.71 bits per heavy atom. The summed E-state index contributed by atoms with van der Waals surface area (Å²) >= 11 is 1.36. The summed E-state index contributed by atoms with van der Waals surface area (Å²) in [6, 6.07) is 17.8. The summed E-state index contributed by atoms with van der Waals surface area (Å²) < 4.78 is 10.8. The fourth-order valence-electron chi connectivity index (χ4n) is 2.62. The maximum absolute atomic E-state index is 13.2. The highest BCUT2D eigenvalue weighted by atomic mass is 32.1. The first-order valence-electron chi connectivity index (χ1n) is 9.48. The molecule has 0 bridgehead atoms. The lowest BCUT2D eigenvalue weighted by Crippen LogP contribution is -2.18. The highest BCUT2D eigenvalue weighted by Crippen LogP contribution is 2.33. The van der Waals surface area contributed by atoms with Gasteiger partial charge in [0.2, 0.25) is 12.1 Å². The molecule has 0 radical (unpaired) electrons. The quantitative estimate of drug-likeness (QED) is 0.128. The van der Waals surface area contributed by atoms with Gasteiger partial charge in [-0.15, -0.1) is 11.3 Å². The molecule has 1 unspecified atom stereocenters. The van der Waals surface area contributed by atoms with Crippen LogP contribution in [0.15, 0.2) is 85.0 Å². The number of aliphatic hydroxyl groups excluding tert-OH is 1. The number of carbonyl (C=O) groups is 2. The molecule has 1 aromatic heterocycles. The van der Waals surface area contributed by atoms with Crippen molar-refractivity contribution in [2.24, 2.45) is 0 Å². The standard InChI is InChI=1S/C25H22O5S/c1-15(2)24(27)29-18-10-11-19(20(14-18)30-25(28)16(3)4)23(26)22-13-12-21(31-22)17-8-6-5-7-9-17/h5-14,25,28H,1,3H2,2,4H3. The second kappa shape index (κ2) is 9.55. The van der Waals surface area contributed by atoms with Gasteiger partial charge in [-0.25, -0.2) is 4.79 Å². The van der Waals surface area contributed by atoms with E-state index >= 15 is 0 Å². The number of rotatable bonds is 8. The lowest BCUT2D eigenvalue weighted by molar-refractivity contribution is -0.130. The average Bonchev–Trinajstić information content (AvgIpc) is 3.24. The molecule has 0 spiro atoms. The molecule has 0 saturated carbocycles. The Labute approximate surface area is 184 Å². The highest BCUT2D eigenvalue weighted by Gasteiger charge is 2.21. The van der Waals surface area contributed by atoms with Crippen molar-refractivity contribution in [2.45, 2.75) is 20.1 Å². The fraction of sp³-hybridized carbons (Fsp3) is 0.120. The van der Waals surface area contributed by atoms with Gasteiger partial charge in [-0.2, -0.15) is 0 Å². The van der Waals surface area contributed by atoms with Crippen molar-refractivity contribution in [1.82, 2.24) is 0 Å². The van der Waals surface area contributed by atoms with Crippen molar-refractivity contribution in [2.75, 3.05) is 0 Å². The van der Waals surface area contributed by atoms with Crippen molar-refractivity contribution < 1.29 is 24.2 Å². The first-order valence-corrected chi connectivity index (χ1v) is 10.3. The predicted molar refractivity (Wildman–Crippen MR) is 122 cm³/mol. The molecule has 5 nitrogen and oxygen atoms in total. The largest absolute Gasteiger partial charge is 0.460 e. The van der Waals surface area contributed by atoms with Crippen LogP contribution in [0.1, 0.15) is 29.1 Å². The van der Waals surface area contributed by atoms with Crippen LogP contribution in [0.5, 0.6) is 11.5 Å². The lowest BCUT2D eigenvalue weighted by atomic mass is 10.1. The van der Waals surface area contributed by atoms with Gasteiger partial charge in [-0.3, -0.25) is 4.79 Å². The molecule has 0 amide bonds. The van der Waals surface area contributed by atoms with E-state index in [2.05, 4.69) is 13.2 Å². The van der Waals surface area contributed by atoms with Gasteiger partial charge in [0.1, 0.15) is 11.5 Å². The fourth-order valence-corrected chi connectivity index (χ4v) is 3.58. The summed E-state index contributed by atoms with van der Waals surface area (Å²) in [5.41, 5.74) is 1.85. The number of hydrogen-bond acceptors (Lipinski definition) is 6. The van der Waals surface area contributed by atoms with Gasteiger partial charge in [0.15, 0.2) is 0 Å². The molecule has 158 valence electrons. The van der Waals surface area contributed by atoms with Gasteiger partial charge in [0.25, 0.3) is 0 Å². The maximum atomic E-state index is 13.2. The van der Waals surface area contributed by atoms with Gasteiger partial charge in [0, 0.05) is 16.5 Å². The molecule has 3 rings (SSSR count). The predicted octanol–water partition coefficient (Wildman–Crippen LogP) is 5.40. The minimum atomic E-state index is -1.32. The van der Waals surface area contributed by atoms with Crippen LogP contribution < -0.4 is 9.47 Å². The van der Waals surface area contributed by atoms with Gasteiger partial charge in [-0.1, -0.05) is 43.5 Å². The number of benzene rings is 2. The molecule has 1 atom stereocenters. The smallest absolute Gasteiger partial charge is 0.338 e. The molecule has 2 aromatic carbocycles. The molecule has 0 aliphatic carbocycles. The third-order valence-corrected chi connectivity index (χ3v) is 5.44. The van der Waals surface area contributed by atoms with Crippen LogP contribution in [-0.4, -0.2) is 23.1 Å². The maximum Gasteiger partial charge on any atom is 0.338 e. The Morgan fingerprint density at radius 1 is 1.00 bits per heavy atom. The van der Waals surface area contributed by atoms with Crippen molar-refractivity contribution in [3.63, 3.8) is 0 Å². The van der Waals surface area contributed by atoms with Crippen molar-refractivity contribution in [3.8, 4) is 21.9 Å². The third-order valence-electron chi connectivity index (χ3n) is 4.30. The Bertz CT molecular complexity index is 1140. The zero-order chi connectivity index (χ0) is 22.5. The molecule has 0 aliphatic heterocycles. The van der Waals surface area contributed by atoms with Crippen LogP contribution in [0.2, 0.25) is 0 Å². The Morgan fingerprint density at radius 3 is 2.35 bits per heavy atom. The number of ether oxygens (including phenoxy) is 2. The first-order chi connectivity index (χ1) is 14.8. The minimum absolute atomic E-state index is 0.0853. The summed E-state index contributed by atoms with van der Waals surface area (Å²) in [5, 5.41) is 10.1. The van der Waals surface area contributed by atoms with E-state index in [1.54, 1.807) is 13.0 Å². The molecular formula is C25H22O5S. The summed E-state index contributed by atoms with van der Waals surface area (Å²) in [7, 11) is 0. The molecule has 3 aromatic rings. The van der Waals surface area contributed by atoms with E-state index in [1.165, 1.54) is 36.5 Å². The molecule has 0 saturated heterocycles. The lowest BCUT2D eigenvalue weighted by Gasteiger charge is -2.17. The number of esters is 1. The number of carbonyl (C=O) groups excluding carboxylic acids is 2. The molecule has 0 aliphatic rings. The van der Waals surface area contributed by atoms with Crippen molar-refractivity contribution in [1.29, 1.82) is 0 Å². The Kier molecular flexibility index (Phi) is 6.84. The van der Waals surface area contributed by atoms with E-state index in [1.807, 2.05) is 36.4 Å². The van der Waals surface area contributed by atoms with Crippen LogP contribution >= 0.6 is 11.3 Å². The zero-order valence-corrected chi connectivity index (χ0v) is 18.1. The molecule has 6 heteroatoms. The highest BCUT2D eigenvalue weighted by molar-refractivity contribution is 7.17. The summed E-state index contributed by atoms with van der Waals surface area (Å²) in [6.45, 7) is 10.3. The van der Waals surface area contributed by atoms with Crippen LogP contribution in [0, 0.1) is 0 Å². The average molecular weight is 435 g/mol. The molecule has 31 heavy (non-hydrogen) atoms. The molecule has 1 N–H and O–H groups in total. The number of ketones is 1. The van der Waals surface area contributed by atoms with E-state index in [-0.39, 0.29) is 28.4 Å². The summed E-state index contributed by atoms with van der Waals surface area (Å²) in [4.78, 5) is 26.5. The van der Waals surface area contributed by atoms with Gasteiger partial charge >= 0.3 is 5.97 Å². The number of hydrogen-bond donors (Lipinski definition) is 1. The molecule has 0 fully saturated rings. The number of thiophene rings is 1. The monoisotopic (exact) mass is 434 g/mol. The second-order valence-corrected chi connectivity index (χ2v) is 8.09. The van der Waals surface area contributed by atoms with Crippen LogP contribution in [0.3, 0.4) is 0 Å². The normalized spacial score (nSPS) is 11.5. The zero-order valence-electron chi connectivity index (χ0n) is 17.3. The van der Waals surface area contributed by atoms with E-state index in [0.29, 0.717) is 10.5 Å². The number of aliphatic hydroxyl groups is 1. The van der Waals surface area contributed by atoms with Crippen molar-refractivity contribution >= 4 is 23.1 Å². The van der Waals surface area contributed by atoms with Crippen LogP contribution in [0.25, 0.3) is 10.4 Å². The van der Waals surface area contributed by atoms with E-state index < -0.39 is 12.3 Å². The van der Waals surface area contributed by atoms with Gasteiger partial charge in [-0.05, 0) is 49.2 Å². The van der Waals surface area contributed by atoms with Crippen LogP contribution in [-0.2, 0) is 4.79 Å². The Hall–Kier alpha value is -3.48. The first kappa shape index (κ1) is 22.2. The van der Waals surface area contributed by atoms with E-state index in [0.717, 1.165) is 10.4 Å². The van der Waals surface area contributed by atoms with E-state index in [4.69, 9.17) is 9.47 Å².